The highest BCUT2D eigenvalue weighted by Gasteiger charge is 2.12. The molecule has 0 aliphatic rings. The van der Waals surface area contributed by atoms with Gasteiger partial charge in [-0.1, -0.05) is 13.8 Å². The molecule has 1 heterocycles. The highest BCUT2D eigenvalue weighted by atomic mass is 79.9. The van der Waals surface area contributed by atoms with Gasteiger partial charge in [0, 0.05) is 20.8 Å². The van der Waals surface area contributed by atoms with Crippen molar-refractivity contribution in [3.63, 3.8) is 0 Å². The molecule has 1 aromatic rings. The second kappa shape index (κ2) is 5.13. The van der Waals surface area contributed by atoms with E-state index in [0.29, 0.717) is 6.04 Å². The number of thiophene rings is 1. The molecule has 1 atom stereocenters. The minimum absolute atomic E-state index is 0.510. The van der Waals surface area contributed by atoms with E-state index in [9.17, 15) is 0 Å². The van der Waals surface area contributed by atoms with Gasteiger partial charge in [-0.2, -0.15) is 0 Å². The summed E-state index contributed by atoms with van der Waals surface area (Å²) in [6.45, 7) is 4.51. The summed E-state index contributed by atoms with van der Waals surface area (Å²) in [6.07, 6.45) is 1.20. The molecule has 13 heavy (non-hydrogen) atoms. The van der Waals surface area contributed by atoms with Crippen molar-refractivity contribution in [2.75, 3.05) is 7.05 Å². The maximum atomic E-state index is 3.48. The molecule has 3 heteroatoms. The lowest BCUT2D eigenvalue weighted by atomic mass is 10.0. The summed E-state index contributed by atoms with van der Waals surface area (Å²) in [5, 5.41) is 5.49. The standard InChI is InChI=1S/C10H16BrNS/c1-7(2)4-9(12-3)10-5-8(11)6-13-10/h5-7,9,12H,4H2,1-3H3. The van der Waals surface area contributed by atoms with E-state index >= 15 is 0 Å². The van der Waals surface area contributed by atoms with Gasteiger partial charge in [0.05, 0.1) is 0 Å². The third-order valence-electron chi connectivity index (χ3n) is 1.99. The fourth-order valence-electron chi connectivity index (χ4n) is 1.36. The molecule has 1 nitrogen and oxygen atoms in total. The van der Waals surface area contributed by atoms with E-state index in [1.807, 2.05) is 18.4 Å². The molecular weight excluding hydrogens is 246 g/mol. The first-order valence-corrected chi connectivity index (χ1v) is 6.22. The lowest BCUT2D eigenvalue weighted by Gasteiger charge is -2.16. The van der Waals surface area contributed by atoms with Crippen LogP contribution in [0.5, 0.6) is 0 Å². The lowest BCUT2D eigenvalue weighted by Crippen LogP contribution is -2.17. The molecule has 0 fully saturated rings. The topological polar surface area (TPSA) is 12.0 Å². The van der Waals surface area contributed by atoms with Gasteiger partial charge >= 0.3 is 0 Å². The maximum absolute atomic E-state index is 3.48. The zero-order chi connectivity index (χ0) is 9.84. The van der Waals surface area contributed by atoms with E-state index in [1.165, 1.54) is 15.8 Å². The molecule has 1 rings (SSSR count). The molecule has 0 spiro atoms. The third kappa shape index (κ3) is 3.41. The van der Waals surface area contributed by atoms with Crippen LogP contribution in [0.2, 0.25) is 0 Å². The zero-order valence-corrected chi connectivity index (χ0v) is 10.7. The molecule has 0 saturated heterocycles. The van der Waals surface area contributed by atoms with Crippen molar-refractivity contribution >= 4 is 27.3 Å². The first-order valence-electron chi connectivity index (χ1n) is 4.54. The number of hydrogen-bond acceptors (Lipinski definition) is 2. The Morgan fingerprint density at radius 1 is 1.54 bits per heavy atom. The Morgan fingerprint density at radius 3 is 2.62 bits per heavy atom. The highest BCUT2D eigenvalue weighted by molar-refractivity contribution is 9.10. The van der Waals surface area contributed by atoms with Crippen LogP contribution in [-0.4, -0.2) is 7.05 Å². The highest BCUT2D eigenvalue weighted by Crippen LogP contribution is 2.29. The molecule has 0 radical (unpaired) electrons. The summed E-state index contributed by atoms with van der Waals surface area (Å²) >= 11 is 5.29. The average molecular weight is 262 g/mol. The van der Waals surface area contributed by atoms with Gasteiger partial charge in [0.1, 0.15) is 0 Å². The van der Waals surface area contributed by atoms with E-state index in [0.717, 1.165) is 5.92 Å². The van der Waals surface area contributed by atoms with Crippen LogP contribution in [0.25, 0.3) is 0 Å². The van der Waals surface area contributed by atoms with Crippen molar-refractivity contribution in [2.24, 2.45) is 5.92 Å². The first-order chi connectivity index (χ1) is 6.13. The number of nitrogens with one attached hydrogen (secondary N) is 1. The molecule has 0 bridgehead atoms. The Balaban J connectivity index is 2.66. The van der Waals surface area contributed by atoms with Crippen LogP contribution in [0.4, 0.5) is 0 Å². The summed E-state index contributed by atoms with van der Waals surface area (Å²) in [6, 6.07) is 2.71. The molecule has 1 N–H and O–H groups in total. The predicted molar refractivity (Wildman–Crippen MR) is 63.3 cm³/mol. The second-order valence-corrected chi connectivity index (χ2v) is 5.50. The van der Waals surface area contributed by atoms with Crippen LogP contribution in [0.3, 0.4) is 0 Å². The Morgan fingerprint density at radius 2 is 2.23 bits per heavy atom. The quantitative estimate of drug-likeness (QED) is 0.869. The van der Waals surface area contributed by atoms with E-state index in [2.05, 4.69) is 46.5 Å². The van der Waals surface area contributed by atoms with Gasteiger partial charge < -0.3 is 5.32 Å². The van der Waals surface area contributed by atoms with E-state index in [4.69, 9.17) is 0 Å². The molecule has 0 aliphatic heterocycles. The molecule has 0 saturated carbocycles. The summed E-state index contributed by atoms with van der Waals surface area (Å²) < 4.78 is 1.19. The van der Waals surface area contributed by atoms with Gasteiger partial charge in [-0.15, -0.1) is 11.3 Å². The van der Waals surface area contributed by atoms with Gasteiger partial charge in [0.2, 0.25) is 0 Å². The predicted octanol–water partition coefficient (Wildman–Crippen LogP) is 3.82. The molecule has 0 aromatic carbocycles. The molecule has 1 aromatic heterocycles. The Bertz CT molecular complexity index is 257. The van der Waals surface area contributed by atoms with E-state index < -0.39 is 0 Å². The van der Waals surface area contributed by atoms with Crippen molar-refractivity contribution in [2.45, 2.75) is 26.3 Å². The van der Waals surface area contributed by atoms with Gasteiger partial charge in [0.25, 0.3) is 0 Å². The van der Waals surface area contributed by atoms with Crippen LogP contribution in [0, 0.1) is 5.92 Å². The van der Waals surface area contributed by atoms with Gasteiger partial charge in [-0.05, 0) is 41.4 Å². The summed E-state index contributed by atoms with van der Waals surface area (Å²) in [7, 11) is 2.03. The van der Waals surface area contributed by atoms with Crippen molar-refractivity contribution in [3.8, 4) is 0 Å². The van der Waals surface area contributed by atoms with Crippen LogP contribution in [-0.2, 0) is 0 Å². The smallest absolute Gasteiger partial charge is 0.0415 e. The van der Waals surface area contributed by atoms with Gasteiger partial charge in [-0.3, -0.25) is 0 Å². The molecule has 0 aliphatic carbocycles. The maximum Gasteiger partial charge on any atom is 0.0415 e. The molecular formula is C10H16BrNS. The Kier molecular flexibility index (Phi) is 4.42. The number of rotatable bonds is 4. The summed E-state index contributed by atoms with van der Waals surface area (Å²) in [4.78, 5) is 1.42. The largest absolute Gasteiger partial charge is 0.312 e. The SMILES string of the molecule is CNC(CC(C)C)c1cc(Br)cs1. The van der Waals surface area contributed by atoms with Crippen LogP contribution < -0.4 is 5.32 Å². The Hall–Kier alpha value is 0.140. The molecule has 0 amide bonds. The Labute approximate surface area is 92.7 Å². The molecule has 74 valence electrons. The van der Waals surface area contributed by atoms with Crippen molar-refractivity contribution in [1.82, 2.24) is 5.32 Å². The second-order valence-electron chi connectivity index (χ2n) is 3.64. The number of halogens is 1. The summed E-state index contributed by atoms with van der Waals surface area (Å²) in [5.41, 5.74) is 0. The molecule has 1 unspecified atom stereocenters. The van der Waals surface area contributed by atoms with Crippen molar-refractivity contribution in [1.29, 1.82) is 0 Å². The fourth-order valence-corrected chi connectivity index (χ4v) is 2.93. The minimum atomic E-state index is 0.510. The van der Waals surface area contributed by atoms with Gasteiger partial charge in [0.15, 0.2) is 0 Å². The minimum Gasteiger partial charge on any atom is -0.312 e. The fraction of sp³-hybridized carbons (Fsp3) is 0.600. The van der Waals surface area contributed by atoms with Crippen molar-refractivity contribution in [3.05, 3.63) is 20.8 Å². The first kappa shape index (κ1) is 11.2. The monoisotopic (exact) mass is 261 g/mol. The summed E-state index contributed by atoms with van der Waals surface area (Å²) in [5.74, 6) is 0.735. The van der Waals surface area contributed by atoms with Crippen LogP contribution in [0.1, 0.15) is 31.2 Å². The van der Waals surface area contributed by atoms with Gasteiger partial charge in [-0.25, -0.2) is 0 Å². The van der Waals surface area contributed by atoms with Crippen LogP contribution >= 0.6 is 27.3 Å². The lowest BCUT2D eigenvalue weighted by molar-refractivity contribution is 0.462. The van der Waals surface area contributed by atoms with Crippen molar-refractivity contribution < 1.29 is 0 Å². The normalized spacial score (nSPS) is 13.6. The van der Waals surface area contributed by atoms with E-state index in [-0.39, 0.29) is 0 Å². The number of hydrogen-bond donors (Lipinski definition) is 1. The third-order valence-corrected chi connectivity index (χ3v) is 3.79. The average Bonchev–Trinajstić information content (AvgIpc) is 2.47. The van der Waals surface area contributed by atoms with Crippen LogP contribution in [0.15, 0.2) is 15.9 Å². The zero-order valence-electron chi connectivity index (χ0n) is 8.30. The van der Waals surface area contributed by atoms with E-state index in [1.54, 1.807) is 0 Å².